The van der Waals surface area contributed by atoms with E-state index < -0.39 is 0 Å². The molecular weight excluding hydrogens is 348 g/mol. The van der Waals surface area contributed by atoms with Gasteiger partial charge in [-0.3, -0.25) is 4.79 Å². The van der Waals surface area contributed by atoms with Crippen LogP contribution in [-0.4, -0.2) is 22.4 Å². The summed E-state index contributed by atoms with van der Waals surface area (Å²) in [7, 11) is 0. The summed E-state index contributed by atoms with van der Waals surface area (Å²) in [4.78, 5) is 23.8. The lowest BCUT2D eigenvalue weighted by molar-refractivity contribution is 0.0983. The Labute approximate surface area is 166 Å². The van der Waals surface area contributed by atoms with Crippen LogP contribution in [0.5, 0.6) is 0 Å². The van der Waals surface area contributed by atoms with Gasteiger partial charge in [0.25, 0.3) is 5.91 Å². The van der Waals surface area contributed by atoms with Crippen LogP contribution in [-0.2, 0) is 0 Å². The van der Waals surface area contributed by atoms with Gasteiger partial charge >= 0.3 is 0 Å². The van der Waals surface area contributed by atoms with Crippen molar-refractivity contribution in [3.05, 3.63) is 77.6 Å². The van der Waals surface area contributed by atoms with Gasteiger partial charge in [0, 0.05) is 23.6 Å². The fourth-order valence-corrected chi connectivity index (χ4v) is 3.16. The van der Waals surface area contributed by atoms with Crippen molar-refractivity contribution in [1.82, 2.24) is 9.97 Å². The van der Waals surface area contributed by atoms with E-state index in [1.165, 1.54) is 5.56 Å². The van der Waals surface area contributed by atoms with Crippen LogP contribution in [0.15, 0.2) is 60.7 Å². The number of para-hydroxylation sites is 2. The number of aryl methyl sites for hydroxylation is 1. The van der Waals surface area contributed by atoms with E-state index >= 15 is 0 Å². The highest BCUT2D eigenvalue weighted by molar-refractivity contribution is 6.05. The minimum absolute atomic E-state index is 0.139. The van der Waals surface area contributed by atoms with Crippen LogP contribution in [0.4, 0.5) is 17.3 Å². The van der Waals surface area contributed by atoms with Crippen LogP contribution in [0.25, 0.3) is 0 Å². The number of nitrogens with zero attached hydrogens (tertiary/aromatic N) is 3. The zero-order valence-corrected chi connectivity index (χ0v) is 16.8. The molecule has 2 aromatic carbocycles. The molecular formula is C23H26N4O. The fourth-order valence-electron chi connectivity index (χ4n) is 3.16. The van der Waals surface area contributed by atoms with Gasteiger partial charge in [-0.05, 0) is 49.6 Å². The predicted molar refractivity (Wildman–Crippen MR) is 114 cm³/mol. The van der Waals surface area contributed by atoms with Gasteiger partial charge in [0.2, 0.25) is 5.95 Å². The Hall–Kier alpha value is -3.21. The summed E-state index contributed by atoms with van der Waals surface area (Å²) in [5, 5.41) is 3.29. The molecule has 3 aromatic rings. The average molecular weight is 374 g/mol. The molecule has 0 saturated carbocycles. The molecule has 0 aliphatic heterocycles. The molecule has 0 radical (unpaired) electrons. The minimum Gasteiger partial charge on any atom is -0.324 e. The Bertz CT molecular complexity index is 954. The van der Waals surface area contributed by atoms with Gasteiger partial charge in [0.15, 0.2) is 0 Å². The number of rotatable bonds is 6. The maximum absolute atomic E-state index is 13.1. The second-order valence-corrected chi connectivity index (χ2v) is 6.97. The van der Waals surface area contributed by atoms with Crippen molar-refractivity contribution in [2.24, 2.45) is 0 Å². The average Bonchev–Trinajstić information content (AvgIpc) is 2.69. The molecule has 0 spiro atoms. The highest BCUT2D eigenvalue weighted by Gasteiger charge is 2.19. The number of anilines is 3. The number of carbonyl (C=O) groups is 1. The van der Waals surface area contributed by atoms with Crippen LogP contribution in [0, 0.1) is 6.92 Å². The Morgan fingerprint density at radius 1 is 1.04 bits per heavy atom. The van der Waals surface area contributed by atoms with E-state index in [1.54, 1.807) is 11.0 Å². The third kappa shape index (κ3) is 4.36. The summed E-state index contributed by atoms with van der Waals surface area (Å²) in [5.41, 5.74) is 4.11. The predicted octanol–water partition coefficient (Wildman–Crippen LogP) is 5.32. The van der Waals surface area contributed by atoms with E-state index in [9.17, 15) is 4.79 Å². The van der Waals surface area contributed by atoms with E-state index in [1.807, 2.05) is 62.4 Å². The molecule has 1 N–H and O–H groups in total. The van der Waals surface area contributed by atoms with Crippen molar-refractivity contribution < 1.29 is 4.79 Å². The molecule has 1 heterocycles. The summed E-state index contributed by atoms with van der Waals surface area (Å²) in [6.07, 6.45) is 0. The molecule has 5 heteroatoms. The summed E-state index contributed by atoms with van der Waals surface area (Å²) in [6.45, 7) is 8.68. The Balaban J connectivity index is 1.93. The molecule has 3 rings (SSSR count). The van der Waals surface area contributed by atoms with Crippen molar-refractivity contribution >= 4 is 23.2 Å². The zero-order valence-electron chi connectivity index (χ0n) is 16.8. The standard InChI is InChI=1S/C23H26N4O/c1-5-27(18-11-7-6-8-12-18)22(28)21-15-17(4)24-23(26-21)25-20-14-10-9-13-19(20)16(2)3/h6-16H,5H2,1-4H3,(H,24,25,26). The molecule has 0 aliphatic carbocycles. The van der Waals surface area contributed by atoms with Crippen molar-refractivity contribution in [1.29, 1.82) is 0 Å². The Morgan fingerprint density at radius 2 is 1.71 bits per heavy atom. The number of amides is 1. The van der Waals surface area contributed by atoms with Crippen LogP contribution in [0.1, 0.15) is 48.4 Å². The van der Waals surface area contributed by atoms with Gasteiger partial charge in [-0.25, -0.2) is 9.97 Å². The summed E-state index contributed by atoms with van der Waals surface area (Å²) in [6, 6.07) is 19.4. The van der Waals surface area contributed by atoms with Crippen LogP contribution in [0.2, 0.25) is 0 Å². The first-order chi connectivity index (χ1) is 13.5. The third-order valence-corrected chi connectivity index (χ3v) is 4.53. The molecule has 1 amide bonds. The molecule has 28 heavy (non-hydrogen) atoms. The maximum Gasteiger partial charge on any atom is 0.277 e. The van der Waals surface area contributed by atoms with E-state index in [2.05, 4.69) is 35.2 Å². The van der Waals surface area contributed by atoms with Crippen LogP contribution >= 0.6 is 0 Å². The summed E-state index contributed by atoms with van der Waals surface area (Å²) >= 11 is 0. The number of carbonyl (C=O) groups excluding carboxylic acids is 1. The lowest BCUT2D eigenvalue weighted by atomic mass is 10.0. The second kappa shape index (κ2) is 8.65. The molecule has 144 valence electrons. The SMILES string of the molecule is CCN(C(=O)c1cc(C)nc(Nc2ccccc2C(C)C)n1)c1ccccc1. The molecule has 0 bridgehead atoms. The quantitative estimate of drug-likeness (QED) is 0.634. The molecule has 1 aromatic heterocycles. The zero-order chi connectivity index (χ0) is 20.1. The van der Waals surface area contributed by atoms with E-state index in [4.69, 9.17) is 0 Å². The molecule has 0 atom stereocenters. The monoisotopic (exact) mass is 374 g/mol. The van der Waals surface area contributed by atoms with Crippen LogP contribution < -0.4 is 10.2 Å². The number of benzene rings is 2. The second-order valence-electron chi connectivity index (χ2n) is 6.97. The molecule has 0 saturated heterocycles. The summed E-state index contributed by atoms with van der Waals surface area (Å²) in [5.74, 6) is 0.656. The number of aromatic nitrogens is 2. The van der Waals surface area contributed by atoms with E-state index in [0.717, 1.165) is 17.1 Å². The number of hydrogen-bond acceptors (Lipinski definition) is 4. The topological polar surface area (TPSA) is 58.1 Å². The Morgan fingerprint density at radius 3 is 2.39 bits per heavy atom. The largest absolute Gasteiger partial charge is 0.324 e. The normalized spacial score (nSPS) is 10.8. The van der Waals surface area contributed by atoms with Crippen molar-refractivity contribution in [2.75, 3.05) is 16.8 Å². The molecule has 5 nitrogen and oxygen atoms in total. The lowest BCUT2D eigenvalue weighted by Gasteiger charge is -2.21. The van der Waals surface area contributed by atoms with Crippen LogP contribution in [0.3, 0.4) is 0 Å². The van der Waals surface area contributed by atoms with Gasteiger partial charge in [-0.2, -0.15) is 0 Å². The van der Waals surface area contributed by atoms with Gasteiger partial charge in [-0.15, -0.1) is 0 Å². The van der Waals surface area contributed by atoms with Crippen molar-refractivity contribution in [2.45, 2.75) is 33.6 Å². The molecule has 0 aliphatic rings. The fraction of sp³-hybridized carbons (Fsp3) is 0.261. The number of hydrogen-bond donors (Lipinski definition) is 1. The smallest absolute Gasteiger partial charge is 0.277 e. The Kier molecular flexibility index (Phi) is 6.04. The molecule has 0 unspecified atom stereocenters. The first-order valence-corrected chi connectivity index (χ1v) is 9.58. The molecule has 0 fully saturated rings. The minimum atomic E-state index is -0.139. The highest BCUT2D eigenvalue weighted by Crippen LogP contribution is 2.26. The first-order valence-electron chi connectivity index (χ1n) is 9.58. The van der Waals surface area contributed by atoms with Gasteiger partial charge < -0.3 is 10.2 Å². The van der Waals surface area contributed by atoms with Gasteiger partial charge in [0.05, 0.1) is 0 Å². The number of nitrogens with one attached hydrogen (secondary N) is 1. The van der Waals surface area contributed by atoms with Gasteiger partial charge in [-0.1, -0.05) is 50.2 Å². The van der Waals surface area contributed by atoms with Crippen molar-refractivity contribution in [3.63, 3.8) is 0 Å². The van der Waals surface area contributed by atoms with E-state index in [-0.39, 0.29) is 5.91 Å². The van der Waals surface area contributed by atoms with E-state index in [0.29, 0.717) is 24.1 Å². The summed E-state index contributed by atoms with van der Waals surface area (Å²) < 4.78 is 0. The maximum atomic E-state index is 13.1. The highest BCUT2D eigenvalue weighted by atomic mass is 16.2. The van der Waals surface area contributed by atoms with Crippen molar-refractivity contribution in [3.8, 4) is 0 Å². The van der Waals surface area contributed by atoms with Gasteiger partial charge in [0.1, 0.15) is 5.69 Å². The lowest BCUT2D eigenvalue weighted by Crippen LogP contribution is -2.31. The first kappa shape index (κ1) is 19.5. The third-order valence-electron chi connectivity index (χ3n) is 4.53.